The Bertz CT molecular complexity index is 1480. The van der Waals surface area contributed by atoms with Crippen LogP contribution in [0, 0.1) is 0 Å². The van der Waals surface area contributed by atoms with Crippen LogP contribution in [-0.4, -0.2) is 61.1 Å². The summed E-state index contributed by atoms with van der Waals surface area (Å²) >= 11 is 0. The summed E-state index contributed by atoms with van der Waals surface area (Å²) in [6.45, 7) is 5.69. The van der Waals surface area contributed by atoms with Gasteiger partial charge in [0.15, 0.2) is 11.6 Å². The first-order valence-electron chi connectivity index (χ1n) is 12.6. The fourth-order valence-electron chi connectivity index (χ4n) is 4.94. The van der Waals surface area contributed by atoms with Crippen LogP contribution in [-0.2, 0) is 6.54 Å². The van der Waals surface area contributed by atoms with E-state index in [9.17, 15) is 13.2 Å². The topological polar surface area (TPSA) is 96.7 Å². The van der Waals surface area contributed by atoms with Gasteiger partial charge in [-0.3, -0.25) is 9.67 Å². The maximum absolute atomic E-state index is 12.7. The van der Waals surface area contributed by atoms with E-state index in [4.69, 9.17) is 9.97 Å². The van der Waals surface area contributed by atoms with E-state index in [0.29, 0.717) is 17.6 Å². The number of nitrogens with zero attached hydrogens (tertiary/aromatic N) is 7. The van der Waals surface area contributed by atoms with Gasteiger partial charge in [0.25, 0.3) is 0 Å². The molecule has 1 saturated heterocycles. The molecule has 0 unspecified atom stereocenters. The highest BCUT2D eigenvalue weighted by molar-refractivity contribution is 5.94. The molecule has 0 spiro atoms. The van der Waals surface area contributed by atoms with Gasteiger partial charge in [-0.25, -0.2) is 15.0 Å². The van der Waals surface area contributed by atoms with Crippen molar-refractivity contribution in [3.8, 4) is 11.4 Å². The van der Waals surface area contributed by atoms with Crippen molar-refractivity contribution in [2.45, 2.75) is 50.9 Å². The number of aromatic nitrogens is 6. The minimum absolute atomic E-state index is 0.0638. The molecular weight excluding hydrogens is 495 g/mol. The molecule has 2 N–H and O–H groups in total. The van der Waals surface area contributed by atoms with Crippen LogP contribution in [0.1, 0.15) is 38.2 Å². The third kappa shape index (κ3) is 5.26. The van der Waals surface area contributed by atoms with Crippen LogP contribution in [0.15, 0.2) is 43.0 Å². The number of pyridine rings is 2. The molecule has 2 aliphatic rings. The number of piperazine rings is 1. The van der Waals surface area contributed by atoms with Crippen molar-refractivity contribution in [1.82, 2.24) is 35.0 Å². The van der Waals surface area contributed by atoms with E-state index in [1.165, 1.54) is 17.8 Å². The summed E-state index contributed by atoms with van der Waals surface area (Å²) in [5, 5.41) is 11.6. The number of nitrogens with one attached hydrogen (secondary N) is 2. The monoisotopic (exact) mass is 523 g/mol. The lowest BCUT2D eigenvalue weighted by Crippen LogP contribution is -2.57. The maximum Gasteiger partial charge on any atom is 0.408 e. The Kier molecular flexibility index (Phi) is 5.93. The van der Waals surface area contributed by atoms with E-state index >= 15 is 0 Å². The van der Waals surface area contributed by atoms with Crippen molar-refractivity contribution in [3.05, 3.63) is 48.5 Å². The van der Waals surface area contributed by atoms with E-state index in [2.05, 4.69) is 44.4 Å². The van der Waals surface area contributed by atoms with Gasteiger partial charge in [-0.15, -0.1) is 0 Å². The average Bonchev–Trinajstić information content (AvgIpc) is 3.62. The number of fused-ring (bicyclic) bond motifs is 1. The Morgan fingerprint density at radius 3 is 2.74 bits per heavy atom. The first-order valence-corrected chi connectivity index (χ1v) is 12.6. The average molecular weight is 524 g/mol. The van der Waals surface area contributed by atoms with Crippen LogP contribution in [0.2, 0.25) is 0 Å². The van der Waals surface area contributed by atoms with Crippen LogP contribution >= 0.6 is 0 Å². The van der Waals surface area contributed by atoms with Gasteiger partial charge in [0.2, 0.25) is 0 Å². The van der Waals surface area contributed by atoms with Crippen LogP contribution in [0.3, 0.4) is 0 Å². The lowest BCUT2D eigenvalue weighted by Gasteiger charge is -2.40. The number of anilines is 3. The van der Waals surface area contributed by atoms with Gasteiger partial charge in [-0.2, -0.15) is 18.3 Å². The first kappa shape index (κ1) is 24.5. The molecule has 0 radical (unpaired) electrons. The summed E-state index contributed by atoms with van der Waals surface area (Å²) in [7, 11) is 0. The predicted molar refractivity (Wildman–Crippen MR) is 138 cm³/mol. The summed E-state index contributed by atoms with van der Waals surface area (Å²) in [5.74, 6) is 2.62. The predicted octanol–water partition coefficient (Wildman–Crippen LogP) is 4.65. The van der Waals surface area contributed by atoms with Crippen LogP contribution in [0.4, 0.5) is 30.6 Å². The quantitative estimate of drug-likeness (QED) is 0.377. The molecule has 4 aromatic heterocycles. The smallest absolute Gasteiger partial charge is 0.353 e. The lowest BCUT2D eigenvalue weighted by atomic mass is 10.0. The van der Waals surface area contributed by atoms with Crippen molar-refractivity contribution in [2.75, 3.05) is 29.9 Å². The molecule has 1 aliphatic heterocycles. The molecule has 198 valence electrons. The van der Waals surface area contributed by atoms with Crippen LogP contribution in [0.25, 0.3) is 22.3 Å². The van der Waals surface area contributed by atoms with Crippen LogP contribution in [0.5, 0.6) is 0 Å². The summed E-state index contributed by atoms with van der Waals surface area (Å²) < 4.78 is 38.9. The van der Waals surface area contributed by atoms with Gasteiger partial charge in [-0.1, -0.05) is 0 Å². The normalized spacial score (nSPS) is 17.7. The molecule has 1 aliphatic carbocycles. The fraction of sp³-hybridized carbons (Fsp3) is 0.423. The van der Waals surface area contributed by atoms with E-state index < -0.39 is 12.7 Å². The SMILES string of the molecule is CC1(C)CN(c2nc(-c3ccnc(Nc4ccn(CC(F)(F)F)n4)c3)nc3cncc(C4CC4)c23)CCN1. The van der Waals surface area contributed by atoms with Gasteiger partial charge in [0.05, 0.1) is 11.7 Å². The van der Waals surface area contributed by atoms with Crippen molar-refractivity contribution < 1.29 is 13.2 Å². The van der Waals surface area contributed by atoms with Crippen molar-refractivity contribution in [1.29, 1.82) is 0 Å². The molecule has 4 aromatic rings. The molecular formula is C26H28F3N9. The highest BCUT2D eigenvalue weighted by Gasteiger charge is 2.32. The molecule has 0 amide bonds. The van der Waals surface area contributed by atoms with Gasteiger partial charge >= 0.3 is 6.18 Å². The van der Waals surface area contributed by atoms with Crippen molar-refractivity contribution >= 4 is 28.4 Å². The van der Waals surface area contributed by atoms with Crippen molar-refractivity contribution in [3.63, 3.8) is 0 Å². The second-order valence-corrected chi connectivity index (χ2v) is 10.6. The highest BCUT2D eigenvalue weighted by atomic mass is 19.4. The molecule has 0 aromatic carbocycles. The standard InChI is InChI=1S/C26H28F3N9/c1-25(2)14-37(10-8-32-25)24-22-18(16-3-4-16)12-30-13-19(22)33-23(35-24)17-5-7-31-21(11-17)34-20-6-9-38(36-20)15-26(27,28)29/h5-7,9,11-13,16,32H,3-4,8,10,14-15H2,1-2H3,(H,31,34,36). The minimum atomic E-state index is -4.35. The summed E-state index contributed by atoms with van der Waals surface area (Å²) in [5.41, 5.74) is 2.66. The third-order valence-corrected chi connectivity index (χ3v) is 6.76. The minimum Gasteiger partial charge on any atom is -0.353 e. The molecule has 5 heterocycles. The molecule has 6 rings (SSSR count). The number of hydrogen-bond acceptors (Lipinski definition) is 8. The largest absolute Gasteiger partial charge is 0.408 e. The summed E-state index contributed by atoms with van der Waals surface area (Å²) in [6.07, 6.45) is 4.58. The third-order valence-electron chi connectivity index (χ3n) is 6.76. The lowest BCUT2D eigenvalue weighted by molar-refractivity contribution is -0.142. The number of halogens is 3. The second-order valence-electron chi connectivity index (χ2n) is 10.6. The van der Waals surface area contributed by atoms with Gasteiger partial charge in [0, 0.05) is 60.8 Å². The van der Waals surface area contributed by atoms with Gasteiger partial charge in [-0.05, 0) is 50.3 Å². The van der Waals surface area contributed by atoms with E-state index in [1.54, 1.807) is 18.5 Å². The van der Waals surface area contributed by atoms with Gasteiger partial charge in [0.1, 0.15) is 18.2 Å². The molecule has 12 heteroatoms. The molecule has 2 fully saturated rings. The van der Waals surface area contributed by atoms with Crippen LogP contribution < -0.4 is 15.5 Å². The molecule has 38 heavy (non-hydrogen) atoms. The van der Waals surface area contributed by atoms with E-state index in [0.717, 1.165) is 59.4 Å². The molecule has 0 bridgehead atoms. The molecule has 9 nitrogen and oxygen atoms in total. The van der Waals surface area contributed by atoms with Gasteiger partial charge < -0.3 is 15.5 Å². The number of alkyl halides is 3. The summed E-state index contributed by atoms with van der Waals surface area (Å²) in [6, 6.07) is 5.06. The Balaban J connectivity index is 1.37. The Morgan fingerprint density at radius 2 is 1.97 bits per heavy atom. The Labute approximate surface area is 217 Å². The zero-order chi connectivity index (χ0) is 26.5. The number of hydrogen-bond donors (Lipinski definition) is 2. The fourth-order valence-corrected chi connectivity index (χ4v) is 4.94. The van der Waals surface area contributed by atoms with E-state index in [-0.39, 0.29) is 11.4 Å². The second kappa shape index (κ2) is 9.19. The maximum atomic E-state index is 12.7. The first-order chi connectivity index (χ1) is 18.1. The molecule has 1 saturated carbocycles. The summed E-state index contributed by atoms with van der Waals surface area (Å²) in [4.78, 5) is 21.1. The molecule has 0 atom stereocenters. The zero-order valence-electron chi connectivity index (χ0n) is 21.1. The van der Waals surface area contributed by atoms with E-state index in [1.807, 2.05) is 12.3 Å². The Hall–Kier alpha value is -3.80. The zero-order valence-corrected chi connectivity index (χ0v) is 21.1. The highest BCUT2D eigenvalue weighted by Crippen LogP contribution is 2.45. The number of rotatable bonds is 6. The van der Waals surface area contributed by atoms with Crippen molar-refractivity contribution in [2.24, 2.45) is 0 Å². The Morgan fingerprint density at radius 1 is 1.13 bits per heavy atom.